The number of ether oxygens (including phenoxy) is 1. The average molecular weight is 424 g/mol. The largest absolute Gasteiger partial charge is 0.445 e. The Hall–Kier alpha value is -2.86. The Labute approximate surface area is 185 Å². The van der Waals surface area contributed by atoms with Crippen molar-refractivity contribution in [2.75, 3.05) is 19.6 Å². The minimum absolute atomic E-state index is 0.00457. The van der Waals surface area contributed by atoms with Gasteiger partial charge in [-0.2, -0.15) is 0 Å². The molecule has 2 amide bonds. The zero-order valence-electron chi connectivity index (χ0n) is 18.5. The lowest BCUT2D eigenvalue weighted by atomic mass is 9.94. The Morgan fingerprint density at radius 3 is 2.48 bits per heavy atom. The van der Waals surface area contributed by atoms with E-state index in [-0.39, 0.29) is 18.1 Å². The number of hydrogen-bond donors (Lipinski definition) is 2. The Bertz CT molecular complexity index is 867. The molecule has 1 aliphatic rings. The van der Waals surface area contributed by atoms with Gasteiger partial charge in [-0.1, -0.05) is 54.6 Å². The average Bonchev–Trinajstić information content (AvgIpc) is 2.79. The Kier molecular flexibility index (Phi) is 8.06. The second kappa shape index (κ2) is 11.0. The Balaban J connectivity index is 1.30. The summed E-state index contributed by atoms with van der Waals surface area (Å²) >= 11 is 0. The van der Waals surface area contributed by atoms with Crippen molar-refractivity contribution in [2.45, 2.75) is 51.8 Å². The Morgan fingerprint density at radius 1 is 1.00 bits per heavy atom. The maximum absolute atomic E-state index is 12.3. The van der Waals surface area contributed by atoms with Gasteiger partial charge in [0.1, 0.15) is 6.61 Å². The molecule has 2 N–H and O–H groups in total. The summed E-state index contributed by atoms with van der Waals surface area (Å²) in [4.78, 5) is 26.4. The number of hydrogen-bond acceptors (Lipinski definition) is 4. The van der Waals surface area contributed by atoms with Crippen LogP contribution in [0.1, 0.15) is 43.4 Å². The van der Waals surface area contributed by atoms with Crippen LogP contribution in [-0.2, 0) is 29.1 Å². The van der Waals surface area contributed by atoms with Gasteiger partial charge in [-0.05, 0) is 43.4 Å². The van der Waals surface area contributed by atoms with Crippen molar-refractivity contribution in [1.29, 1.82) is 0 Å². The predicted molar refractivity (Wildman–Crippen MR) is 122 cm³/mol. The number of nitrogens with one attached hydrogen (secondary N) is 2. The number of alkyl carbamates (subject to hydrolysis) is 1. The molecule has 0 saturated carbocycles. The van der Waals surface area contributed by atoms with Crippen molar-refractivity contribution >= 4 is 12.0 Å². The highest BCUT2D eigenvalue weighted by Crippen LogP contribution is 2.24. The smallest absolute Gasteiger partial charge is 0.407 e. The summed E-state index contributed by atoms with van der Waals surface area (Å²) < 4.78 is 5.16. The second-order valence-corrected chi connectivity index (χ2v) is 8.62. The van der Waals surface area contributed by atoms with Gasteiger partial charge in [0.25, 0.3) is 0 Å². The molecular weight excluding hydrogens is 390 g/mol. The normalized spacial score (nSPS) is 13.9. The zero-order valence-corrected chi connectivity index (χ0v) is 18.5. The van der Waals surface area contributed by atoms with Crippen molar-refractivity contribution in [1.82, 2.24) is 15.5 Å². The van der Waals surface area contributed by atoms with E-state index in [1.54, 1.807) is 0 Å². The molecule has 0 aliphatic carbocycles. The molecule has 2 aromatic carbocycles. The summed E-state index contributed by atoms with van der Waals surface area (Å²) in [6.07, 6.45) is 1.53. The molecule has 0 radical (unpaired) electrons. The molecule has 31 heavy (non-hydrogen) atoms. The second-order valence-electron chi connectivity index (χ2n) is 8.62. The van der Waals surface area contributed by atoms with Crippen LogP contribution in [-0.4, -0.2) is 42.1 Å². The molecule has 0 atom stereocenters. The van der Waals surface area contributed by atoms with Crippen molar-refractivity contribution in [2.24, 2.45) is 0 Å². The van der Waals surface area contributed by atoms with Crippen LogP contribution in [0.5, 0.6) is 0 Å². The fraction of sp³-hybridized carbons (Fsp3) is 0.440. The fourth-order valence-corrected chi connectivity index (χ4v) is 3.74. The molecule has 2 aromatic rings. The zero-order chi connectivity index (χ0) is 22.1. The number of benzene rings is 2. The van der Waals surface area contributed by atoms with Crippen molar-refractivity contribution in [3.8, 4) is 0 Å². The minimum atomic E-state index is -0.462. The maximum atomic E-state index is 12.3. The number of nitrogens with zero attached hydrogens (tertiary/aromatic N) is 1. The van der Waals surface area contributed by atoms with E-state index in [9.17, 15) is 9.59 Å². The summed E-state index contributed by atoms with van der Waals surface area (Å²) in [5, 5.41) is 5.75. The van der Waals surface area contributed by atoms with E-state index in [1.807, 2.05) is 30.3 Å². The molecule has 6 nitrogen and oxygen atoms in total. The summed E-state index contributed by atoms with van der Waals surface area (Å²) in [6.45, 7) is 7.50. The molecule has 0 aromatic heterocycles. The minimum Gasteiger partial charge on any atom is -0.445 e. The molecule has 0 bridgehead atoms. The number of fused-ring (bicyclic) bond motifs is 1. The van der Waals surface area contributed by atoms with Gasteiger partial charge in [0.2, 0.25) is 5.91 Å². The van der Waals surface area contributed by atoms with Gasteiger partial charge in [-0.15, -0.1) is 0 Å². The molecule has 0 saturated heterocycles. The van der Waals surface area contributed by atoms with E-state index in [0.29, 0.717) is 25.9 Å². The van der Waals surface area contributed by atoms with E-state index >= 15 is 0 Å². The number of carbonyl (C=O) groups is 2. The lowest BCUT2D eigenvalue weighted by Gasteiger charge is -2.41. The molecule has 1 heterocycles. The number of amides is 2. The third-order valence-electron chi connectivity index (χ3n) is 5.77. The molecule has 3 rings (SSSR count). The lowest BCUT2D eigenvalue weighted by Crippen LogP contribution is -2.53. The molecule has 0 spiro atoms. The van der Waals surface area contributed by atoms with Gasteiger partial charge in [-0.3, -0.25) is 9.69 Å². The molecule has 6 heteroatoms. The van der Waals surface area contributed by atoms with Crippen LogP contribution in [0.25, 0.3) is 0 Å². The quantitative estimate of drug-likeness (QED) is 0.604. The molecule has 166 valence electrons. The van der Waals surface area contributed by atoms with Crippen LogP contribution in [0, 0.1) is 0 Å². The first-order valence-corrected chi connectivity index (χ1v) is 11.0. The van der Waals surface area contributed by atoms with Crippen LogP contribution in [0.15, 0.2) is 54.6 Å². The monoisotopic (exact) mass is 423 g/mol. The summed E-state index contributed by atoms with van der Waals surface area (Å²) in [6, 6.07) is 18.1. The van der Waals surface area contributed by atoms with E-state index in [2.05, 4.69) is 53.6 Å². The fourth-order valence-electron chi connectivity index (χ4n) is 3.74. The van der Waals surface area contributed by atoms with Crippen LogP contribution >= 0.6 is 0 Å². The van der Waals surface area contributed by atoms with E-state index in [1.165, 1.54) is 11.1 Å². The van der Waals surface area contributed by atoms with E-state index in [4.69, 9.17) is 4.74 Å². The van der Waals surface area contributed by atoms with Crippen LogP contribution in [0.4, 0.5) is 4.79 Å². The highest BCUT2D eigenvalue weighted by atomic mass is 16.5. The molecular formula is C25H33N3O3. The van der Waals surface area contributed by atoms with E-state index < -0.39 is 6.09 Å². The maximum Gasteiger partial charge on any atom is 0.407 e. The molecule has 0 unspecified atom stereocenters. The standard InChI is InChI=1S/C25H33N3O3/c1-25(2,28-16-14-21-11-6-7-12-22(21)17-28)19-27-23(29)13-8-15-26-24(30)31-18-20-9-4-3-5-10-20/h3-7,9-12H,8,13-19H2,1-2H3,(H,26,30)(H,27,29). The number of rotatable bonds is 9. The third kappa shape index (κ3) is 7.10. The van der Waals surface area contributed by atoms with Crippen LogP contribution in [0.2, 0.25) is 0 Å². The van der Waals surface area contributed by atoms with Crippen LogP contribution < -0.4 is 10.6 Å². The topological polar surface area (TPSA) is 70.7 Å². The van der Waals surface area contributed by atoms with Crippen LogP contribution in [0.3, 0.4) is 0 Å². The van der Waals surface area contributed by atoms with Gasteiger partial charge in [0, 0.05) is 38.1 Å². The Morgan fingerprint density at radius 2 is 1.71 bits per heavy atom. The summed E-state index contributed by atoms with van der Waals surface area (Å²) in [5.41, 5.74) is 3.62. The third-order valence-corrected chi connectivity index (χ3v) is 5.77. The molecule has 0 fully saturated rings. The summed E-state index contributed by atoms with van der Waals surface area (Å²) in [7, 11) is 0. The lowest BCUT2D eigenvalue weighted by molar-refractivity contribution is -0.121. The predicted octanol–water partition coefficient (Wildman–Crippen LogP) is 3.65. The van der Waals surface area contributed by atoms with Crippen molar-refractivity contribution in [3.63, 3.8) is 0 Å². The van der Waals surface area contributed by atoms with Gasteiger partial charge in [0.15, 0.2) is 0 Å². The number of carbonyl (C=O) groups excluding carboxylic acids is 2. The first-order valence-electron chi connectivity index (χ1n) is 11.0. The van der Waals surface area contributed by atoms with Crippen molar-refractivity contribution < 1.29 is 14.3 Å². The van der Waals surface area contributed by atoms with Gasteiger partial charge >= 0.3 is 6.09 Å². The summed E-state index contributed by atoms with van der Waals surface area (Å²) in [5.74, 6) is 0.00457. The van der Waals surface area contributed by atoms with Gasteiger partial charge in [0.05, 0.1) is 0 Å². The molecule has 1 aliphatic heterocycles. The highest BCUT2D eigenvalue weighted by Gasteiger charge is 2.29. The van der Waals surface area contributed by atoms with E-state index in [0.717, 1.165) is 25.1 Å². The highest BCUT2D eigenvalue weighted by molar-refractivity contribution is 5.76. The van der Waals surface area contributed by atoms with Gasteiger partial charge < -0.3 is 15.4 Å². The first kappa shape index (κ1) is 22.8. The van der Waals surface area contributed by atoms with Crippen molar-refractivity contribution in [3.05, 3.63) is 71.3 Å². The SMILES string of the molecule is CC(C)(CNC(=O)CCCNC(=O)OCc1ccccc1)N1CCc2ccccc2C1. The van der Waals surface area contributed by atoms with Gasteiger partial charge in [-0.25, -0.2) is 4.79 Å². The first-order chi connectivity index (χ1) is 14.9.